The van der Waals surface area contributed by atoms with Crippen LogP contribution in [0.3, 0.4) is 0 Å². The Bertz CT molecular complexity index is 1180. The highest BCUT2D eigenvalue weighted by Gasteiger charge is 2.31. The minimum atomic E-state index is -4.58. The maximum Gasteiger partial charge on any atom is 0.416 e. The highest BCUT2D eigenvalue weighted by molar-refractivity contribution is 5.92. The highest BCUT2D eigenvalue weighted by atomic mass is 19.4. The van der Waals surface area contributed by atoms with Crippen molar-refractivity contribution in [2.75, 3.05) is 5.73 Å². The fraction of sp³-hybridized carbons (Fsp3) is 0.190. The number of rotatable bonds is 5. The van der Waals surface area contributed by atoms with E-state index in [4.69, 9.17) is 5.73 Å². The minimum absolute atomic E-state index is 0.0821. The Morgan fingerprint density at radius 3 is 2.61 bits per heavy atom. The van der Waals surface area contributed by atoms with E-state index >= 15 is 0 Å². The van der Waals surface area contributed by atoms with Crippen molar-refractivity contribution in [1.82, 2.24) is 15.1 Å². The fourth-order valence-corrected chi connectivity index (χ4v) is 2.95. The average molecular weight is 432 g/mol. The molecule has 0 saturated heterocycles. The molecular formula is C21H19F3N4O3. The molecule has 0 aliphatic rings. The first kappa shape index (κ1) is 22.0. The number of nitrogens with zero attached hydrogens (tertiary/aromatic N) is 2. The largest absolute Gasteiger partial charge is 0.416 e. The summed E-state index contributed by atoms with van der Waals surface area (Å²) in [7, 11) is 0. The number of aromatic nitrogens is 2. The molecule has 0 aliphatic heterocycles. The van der Waals surface area contributed by atoms with E-state index < -0.39 is 29.2 Å². The van der Waals surface area contributed by atoms with Crippen molar-refractivity contribution in [3.05, 3.63) is 87.3 Å². The molecule has 162 valence electrons. The Morgan fingerprint density at radius 2 is 1.94 bits per heavy atom. The van der Waals surface area contributed by atoms with Gasteiger partial charge in [-0.2, -0.15) is 23.0 Å². The molecule has 3 aromatic rings. The van der Waals surface area contributed by atoms with Crippen LogP contribution in [0.2, 0.25) is 0 Å². The van der Waals surface area contributed by atoms with Crippen LogP contribution in [0.1, 0.15) is 40.1 Å². The molecule has 0 radical (unpaired) electrons. The predicted molar refractivity (Wildman–Crippen MR) is 107 cm³/mol. The lowest BCUT2D eigenvalue weighted by Gasteiger charge is -2.17. The van der Waals surface area contributed by atoms with Gasteiger partial charge in [-0.15, -0.1) is 0 Å². The zero-order valence-corrected chi connectivity index (χ0v) is 16.3. The van der Waals surface area contributed by atoms with E-state index in [0.29, 0.717) is 11.3 Å². The standard InChI is InChI=1S/C21H19F3N4O3/c1-12(14-8-15(21(22,23)24)10-16(25)9-14)26-20(31)18-5-6-19(30)28(27-18)17-4-2-3-13(7-17)11-29/h2-10,12,29H,11,25H2,1H3,(H,26,31)/t12-/m1/s1. The van der Waals surface area contributed by atoms with E-state index in [2.05, 4.69) is 10.4 Å². The number of aliphatic hydroxyl groups is 1. The number of benzene rings is 2. The van der Waals surface area contributed by atoms with E-state index in [0.717, 1.165) is 22.9 Å². The van der Waals surface area contributed by atoms with Gasteiger partial charge >= 0.3 is 6.18 Å². The van der Waals surface area contributed by atoms with E-state index in [1.807, 2.05) is 0 Å². The number of hydrogen-bond donors (Lipinski definition) is 3. The molecule has 3 rings (SSSR count). The number of aliphatic hydroxyl groups excluding tert-OH is 1. The van der Waals surface area contributed by atoms with Crippen molar-refractivity contribution in [3.63, 3.8) is 0 Å². The summed E-state index contributed by atoms with van der Waals surface area (Å²) in [6.45, 7) is 1.27. The normalized spacial score (nSPS) is 12.4. The van der Waals surface area contributed by atoms with Crippen LogP contribution in [0.25, 0.3) is 5.69 Å². The zero-order chi connectivity index (χ0) is 22.8. The van der Waals surface area contributed by atoms with Crippen molar-refractivity contribution in [1.29, 1.82) is 0 Å². The Hall–Kier alpha value is -3.66. The van der Waals surface area contributed by atoms with Crippen molar-refractivity contribution in [2.24, 2.45) is 0 Å². The molecule has 31 heavy (non-hydrogen) atoms. The van der Waals surface area contributed by atoms with Gasteiger partial charge in [0.05, 0.1) is 23.9 Å². The molecular weight excluding hydrogens is 413 g/mol. The summed E-state index contributed by atoms with van der Waals surface area (Å²) in [6.07, 6.45) is -4.58. The van der Waals surface area contributed by atoms with Gasteiger partial charge in [-0.25, -0.2) is 0 Å². The minimum Gasteiger partial charge on any atom is -0.399 e. The summed E-state index contributed by atoms with van der Waals surface area (Å²) in [5, 5.41) is 15.9. The van der Waals surface area contributed by atoms with Crippen molar-refractivity contribution < 1.29 is 23.1 Å². The highest BCUT2D eigenvalue weighted by Crippen LogP contribution is 2.32. The van der Waals surface area contributed by atoms with E-state index in [9.17, 15) is 27.9 Å². The number of carbonyl (C=O) groups excluding carboxylic acids is 1. The van der Waals surface area contributed by atoms with Gasteiger partial charge in [-0.3, -0.25) is 9.59 Å². The van der Waals surface area contributed by atoms with Crippen molar-refractivity contribution in [2.45, 2.75) is 25.7 Å². The van der Waals surface area contributed by atoms with Crippen LogP contribution in [0.4, 0.5) is 18.9 Å². The summed E-state index contributed by atoms with van der Waals surface area (Å²) in [5.41, 5.74) is 5.05. The van der Waals surface area contributed by atoms with Gasteiger partial charge in [-0.05, 0) is 54.4 Å². The third-order valence-electron chi connectivity index (χ3n) is 4.52. The van der Waals surface area contributed by atoms with Crippen LogP contribution >= 0.6 is 0 Å². The van der Waals surface area contributed by atoms with E-state index in [1.54, 1.807) is 24.3 Å². The molecule has 7 nitrogen and oxygen atoms in total. The maximum atomic E-state index is 13.0. The Labute approximate surface area is 174 Å². The van der Waals surface area contributed by atoms with Crippen LogP contribution in [-0.4, -0.2) is 20.8 Å². The molecule has 0 aliphatic carbocycles. The first-order chi connectivity index (χ1) is 14.6. The van der Waals surface area contributed by atoms with Gasteiger partial charge in [0.25, 0.3) is 11.5 Å². The lowest BCUT2D eigenvalue weighted by Crippen LogP contribution is -2.31. The van der Waals surface area contributed by atoms with Crippen LogP contribution in [-0.2, 0) is 12.8 Å². The number of alkyl halides is 3. The Balaban J connectivity index is 1.87. The van der Waals surface area contributed by atoms with Crippen LogP contribution in [0.15, 0.2) is 59.4 Å². The van der Waals surface area contributed by atoms with E-state index in [-0.39, 0.29) is 23.6 Å². The second-order valence-electron chi connectivity index (χ2n) is 6.88. The molecule has 4 N–H and O–H groups in total. The molecule has 0 unspecified atom stereocenters. The molecule has 1 aromatic heterocycles. The maximum absolute atomic E-state index is 13.0. The average Bonchev–Trinajstić information content (AvgIpc) is 2.73. The smallest absolute Gasteiger partial charge is 0.399 e. The third kappa shape index (κ3) is 5.10. The van der Waals surface area contributed by atoms with Gasteiger partial charge < -0.3 is 16.2 Å². The van der Waals surface area contributed by atoms with Crippen LogP contribution in [0, 0.1) is 0 Å². The van der Waals surface area contributed by atoms with Crippen molar-refractivity contribution >= 4 is 11.6 Å². The molecule has 1 heterocycles. The van der Waals surface area contributed by atoms with Gasteiger partial charge in [0, 0.05) is 11.8 Å². The molecule has 1 atom stereocenters. The number of nitrogens with two attached hydrogens (primary N) is 1. The monoisotopic (exact) mass is 432 g/mol. The SMILES string of the molecule is C[C@@H](NC(=O)c1ccc(=O)n(-c2cccc(CO)c2)n1)c1cc(N)cc(C(F)(F)F)c1. The second-order valence-corrected chi connectivity index (χ2v) is 6.88. The topological polar surface area (TPSA) is 110 Å². The number of anilines is 1. The first-order valence-corrected chi connectivity index (χ1v) is 9.17. The molecule has 10 heteroatoms. The first-order valence-electron chi connectivity index (χ1n) is 9.17. The van der Waals surface area contributed by atoms with Gasteiger partial charge in [-0.1, -0.05) is 12.1 Å². The van der Waals surface area contributed by atoms with Crippen LogP contribution < -0.4 is 16.6 Å². The summed E-state index contributed by atoms with van der Waals surface area (Å²) in [5.74, 6) is -0.685. The second kappa shape index (κ2) is 8.60. The van der Waals surface area contributed by atoms with Gasteiger partial charge in [0.15, 0.2) is 0 Å². The lowest BCUT2D eigenvalue weighted by molar-refractivity contribution is -0.137. The van der Waals surface area contributed by atoms with Gasteiger partial charge in [0.1, 0.15) is 5.69 Å². The Kier molecular flexibility index (Phi) is 6.11. The number of amides is 1. The Morgan fingerprint density at radius 1 is 1.19 bits per heavy atom. The lowest BCUT2D eigenvalue weighted by atomic mass is 10.0. The molecule has 0 saturated carbocycles. The number of nitrogen functional groups attached to an aromatic ring is 1. The third-order valence-corrected chi connectivity index (χ3v) is 4.52. The quantitative estimate of drug-likeness (QED) is 0.537. The fourth-order valence-electron chi connectivity index (χ4n) is 2.95. The van der Waals surface area contributed by atoms with E-state index in [1.165, 1.54) is 19.1 Å². The molecule has 2 aromatic carbocycles. The summed E-state index contributed by atoms with van der Waals surface area (Å²) in [4.78, 5) is 24.8. The van der Waals surface area contributed by atoms with Gasteiger partial charge in [0.2, 0.25) is 0 Å². The van der Waals surface area contributed by atoms with Crippen molar-refractivity contribution in [3.8, 4) is 5.69 Å². The zero-order valence-electron chi connectivity index (χ0n) is 16.3. The number of carbonyl (C=O) groups is 1. The van der Waals surface area contributed by atoms with Crippen LogP contribution in [0.5, 0.6) is 0 Å². The predicted octanol–water partition coefficient (Wildman–Crippen LogP) is 2.82. The molecule has 0 fully saturated rings. The summed E-state index contributed by atoms with van der Waals surface area (Å²) >= 11 is 0. The molecule has 1 amide bonds. The number of halogens is 3. The summed E-state index contributed by atoms with van der Waals surface area (Å²) < 4.78 is 40.1. The molecule has 0 bridgehead atoms. The number of hydrogen-bond acceptors (Lipinski definition) is 5. The molecule has 0 spiro atoms. The summed E-state index contributed by atoms with van der Waals surface area (Å²) in [6, 6.07) is 11.1. The number of nitrogens with one attached hydrogen (secondary N) is 1.